The van der Waals surface area contributed by atoms with Crippen LogP contribution in [0.15, 0.2) is 84.3 Å². The number of ether oxygens (including phenoxy) is 2. The lowest BCUT2D eigenvalue weighted by Crippen LogP contribution is -2.31. The average molecular weight is 450 g/mol. The third-order valence-electron chi connectivity index (χ3n) is 4.78. The number of allylic oxidation sites excluding steroid dienone is 1. The molecule has 0 aliphatic carbocycles. The minimum Gasteiger partial charge on any atom is -0.482 e. The highest BCUT2D eigenvalue weighted by molar-refractivity contribution is 5.96. The van der Waals surface area contributed by atoms with Crippen molar-refractivity contribution in [3.05, 3.63) is 112 Å². The minimum absolute atomic E-state index is 0.0465. The summed E-state index contributed by atoms with van der Waals surface area (Å²) in [4.78, 5) is 38.5. The number of methoxy groups -OCH3 is 1. The number of nitrogens with zero attached hydrogens (tertiary/aromatic N) is 2. The molecule has 1 aromatic heterocycles. The molecule has 1 heterocycles. The van der Waals surface area contributed by atoms with Gasteiger partial charge in [-0.05, 0) is 11.1 Å². The number of amides is 1. The van der Waals surface area contributed by atoms with Crippen molar-refractivity contribution < 1.29 is 23.5 Å². The first-order chi connectivity index (χ1) is 16.0. The number of pyridine rings is 1. The molecule has 3 aromatic rings. The van der Waals surface area contributed by atoms with Gasteiger partial charge < -0.3 is 14.0 Å². The maximum Gasteiger partial charge on any atom is 0.358 e. The van der Waals surface area contributed by atoms with E-state index in [-0.39, 0.29) is 30.5 Å². The predicted octanol–water partition coefficient (Wildman–Crippen LogP) is 3.93. The van der Waals surface area contributed by atoms with Gasteiger partial charge in [-0.2, -0.15) is 5.12 Å². The summed E-state index contributed by atoms with van der Waals surface area (Å²) >= 11 is 0. The summed E-state index contributed by atoms with van der Waals surface area (Å²) in [5.41, 5.74) is -0.302. The summed E-state index contributed by atoms with van der Waals surface area (Å²) in [5, 5.41) is -0.0525. The van der Waals surface area contributed by atoms with Gasteiger partial charge in [-0.1, -0.05) is 71.2 Å². The fraction of sp³-hybridized carbons (Fsp3) is 0.160. The van der Waals surface area contributed by atoms with Crippen LogP contribution >= 0.6 is 0 Å². The van der Waals surface area contributed by atoms with Crippen LogP contribution in [0.4, 0.5) is 4.48 Å². The zero-order valence-electron chi connectivity index (χ0n) is 18.1. The Hall–Kier alpha value is -4.20. The number of halogens is 1. The van der Waals surface area contributed by atoms with Gasteiger partial charge >= 0.3 is 5.97 Å². The van der Waals surface area contributed by atoms with Crippen molar-refractivity contribution in [2.75, 3.05) is 7.11 Å². The van der Waals surface area contributed by atoms with E-state index in [1.807, 2.05) is 6.07 Å². The number of benzene rings is 2. The lowest BCUT2D eigenvalue weighted by molar-refractivity contribution is 0.0145. The highest BCUT2D eigenvalue weighted by Crippen LogP contribution is 2.20. The highest BCUT2D eigenvalue weighted by Gasteiger charge is 2.28. The van der Waals surface area contributed by atoms with Crippen LogP contribution in [0.5, 0.6) is 5.75 Å². The number of rotatable bonds is 9. The van der Waals surface area contributed by atoms with Gasteiger partial charge in [0.25, 0.3) is 5.91 Å². The van der Waals surface area contributed by atoms with Crippen molar-refractivity contribution in [1.29, 1.82) is 0 Å². The van der Waals surface area contributed by atoms with Crippen LogP contribution in [0.25, 0.3) is 0 Å². The fourth-order valence-corrected chi connectivity index (χ4v) is 3.19. The van der Waals surface area contributed by atoms with Crippen LogP contribution in [0, 0.1) is 0 Å². The average Bonchev–Trinajstić information content (AvgIpc) is 2.84. The Labute approximate surface area is 190 Å². The van der Waals surface area contributed by atoms with Gasteiger partial charge in [0.15, 0.2) is 11.4 Å². The molecule has 0 radical (unpaired) electrons. The predicted molar refractivity (Wildman–Crippen MR) is 120 cm³/mol. The van der Waals surface area contributed by atoms with Crippen molar-refractivity contribution in [2.24, 2.45) is 0 Å². The second-order valence-corrected chi connectivity index (χ2v) is 7.07. The van der Waals surface area contributed by atoms with E-state index in [9.17, 15) is 18.9 Å². The first kappa shape index (κ1) is 23.5. The molecule has 0 bridgehead atoms. The van der Waals surface area contributed by atoms with E-state index in [1.165, 1.54) is 10.6 Å². The van der Waals surface area contributed by atoms with Gasteiger partial charge in [0.05, 0.1) is 13.7 Å². The molecule has 2 aromatic carbocycles. The van der Waals surface area contributed by atoms with E-state index in [4.69, 9.17) is 9.47 Å². The van der Waals surface area contributed by atoms with Gasteiger partial charge in [-0.3, -0.25) is 9.59 Å². The second-order valence-electron chi connectivity index (χ2n) is 7.07. The van der Waals surface area contributed by atoms with Crippen LogP contribution < -0.4 is 10.2 Å². The molecule has 0 fully saturated rings. The molecule has 0 N–H and O–H groups in total. The maximum atomic E-state index is 14.8. The number of esters is 1. The van der Waals surface area contributed by atoms with Gasteiger partial charge in [0.1, 0.15) is 12.2 Å². The van der Waals surface area contributed by atoms with Crippen molar-refractivity contribution in [2.45, 2.75) is 19.7 Å². The third kappa shape index (κ3) is 5.54. The monoisotopic (exact) mass is 450 g/mol. The molecule has 0 saturated heterocycles. The molecule has 170 valence electrons. The number of aromatic nitrogens is 1. The molecule has 0 spiro atoms. The van der Waals surface area contributed by atoms with Gasteiger partial charge in [0, 0.05) is 12.7 Å². The molecule has 0 saturated carbocycles. The lowest BCUT2D eigenvalue weighted by Gasteiger charge is -2.18. The van der Waals surface area contributed by atoms with Crippen LogP contribution in [0.3, 0.4) is 0 Å². The van der Waals surface area contributed by atoms with Crippen LogP contribution in [-0.4, -0.2) is 28.7 Å². The van der Waals surface area contributed by atoms with E-state index < -0.39 is 28.6 Å². The first-order valence-corrected chi connectivity index (χ1v) is 10.1. The Balaban J connectivity index is 2.05. The molecule has 8 heteroatoms. The number of carbonyl (C=O) groups excluding carboxylic acids is 2. The van der Waals surface area contributed by atoms with Crippen LogP contribution in [0.2, 0.25) is 0 Å². The summed E-state index contributed by atoms with van der Waals surface area (Å²) < 4.78 is 26.5. The molecule has 0 atom stereocenters. The van der Waals surface area contributed by atoms with Crippen LogP contribution in [0.1, 0.15) is 32.0 Å². The van der Waals surface area contributed by atoms with E-state index in [1.54, 1.807) is 54.6 Å². The van der Waals surface area contributed by atoms with E-state index in [0.717, 1.165) is 18.9 Å². The molecule has 0 unspecified atom stereocenters. The minimum atomic E-state index is -1.15. The summed E-state index contributed by atoms with van der Waals surface area (Å²) in [7, 11) is 1.16. The van der Waals surface area contributed by atoms with E-state index >= 15 is 0 Å². The Morgan fingerprint density at radius 3 is 2.24 bits per heavy atom. The molecule has 1 amide bonds. The molecule has 3 rings (SSSR count). The van der Waals surface area contributed by atoms with Gasteiger partial charge in [0.2, 0.25) is 5.43 Å². The smallest absolute Gasteiger partial charge is 0.358 e. The molecule has 0 aliphatic rings. The topological polar surface area (TPSA) is 77.8 Å². The van der Waals surface area contributed by atoms with E-state index in [0.29, 0.717) is 5.56 Å². The Morgan fingerprint density at radius 1 is 1.06 bits per heavy atom. The highest BCUT2D eigenvalue weighted by atomic mass is 19.2. The number of hydrogen-bond acceptors (Lipinski definition) is 5. The van der Waals surface area contributed by atoms with Crippen molar-refractivity contribution in [1.82, 2.24) is 9.69 Å². The van der Waals surface area contributed by atoms with Crippen LogP contribution in [-0.2, 0) is 24.4 Å². The number of carbonyl (C=O) groups is 2. The van der Waals surface area contributed by atoms with Gasteiger partial charge in [-0.25, -0.2) is 4.79 Å². The standard InChI is InChI=1S/C25H23FN2O5/c1-3-14-27-16-20(24(30)28(26)15-18-10-6-4-7-11-18)22(29)23(21(27)25(31)32-2)33-17-19-12-8-5-9-13-19/h3-13,16H,1,14-15,17H2,2H3. The lowest BCUT2D eigenvalue weighted by atomic mass is 10.1. The SMILES string of the molecule is C=CCn1cc(C(=O)N(F)Cc2ccccc2)c(=O)c(OCc2ccccc2)c1C(=O)OC. The second kappa shape index (κ2) is 10.9. The Kier molecular flexibility index (Phi) is 7.75. The fourth-order valence-electron chi connectivity index (χ4n) is 3.19. The first-order valence-electron chi connectivity index (χ1n) is 10.1. The third-order valence-corrected chi connectivity index (χ3v) is 4.78. The Morgan fingerprint density at radius 2 is 1.67 bits per heavy atom. The molecule has 33 heavy (non-hydrogen) atoms. The molecular formula is C25H23FN2O5. The molecular weight excluding hydrogens is 427 g/mol. The van der Waals surface area contributed by atoms with Gasteiger partial charge in [-0.15, -0.1) is 6.58 Å². The van der Waals surface area contributed by atoms with Crippen molar-refractivity contribution in [3.8, 4) is 5.75 Å². The molecule has 0 aliphatic heterocycles. The van der Waals surface area contributed by atoms with E-state index in [2.05, 4.69) is 6.58 Å². The number of hydrogen-bond donors (Lipinski definition) is 0. The largest absolute Gasteiger partial charge is 0.482 e. The summed E-state index contributed by atoms with van der Waals surface area (Å²) in [6.07, 6.45) is 2.58. The molecule has 7 nitrogen and oxygen atoms in total. The zero-order valence-corrected chi connectivity index (χ0v) is 18.1. The zero-order chi connectivity index (χ0) is 23.8. The summed E-state index contributed by atoms with van der Waals surface area (Å²) in [5.74, 6) is -2.38. The summed E-state index contributed by atoms with van der Waals surface area (Å²) in [6.45, 7) is 3.29. The normalized spacial score (nSPS) is 10.4. The van der Waals surface area contributed by atoms with Crippen molar-refractivity contribution in [3.63, 3.8) is 0 Å². The Bertz CT molecular complexity index is 1190. The quantitative estimate of drug-likeness (QED) is 0.281. The van der Waals surface area contributed by atoms with Crippen molar-refractivity contribution >= 4 is 11.9 Å². The summed E-state index contributed by atoms with van der Waals surface area (Å²) in [6, 6.07) is 17.5. The maximum absolute atomic E-state index is 14.8.